The molecular weight excluding hydrogens is 390 g/mol. The number of ether oxygens (including phenoxy) is 1. The molecule has 0 saturated carbocycles. The molecule has 0 fully saturated rings. The zero-order valence-electron chi connectivity index (χ0n) is 17.4. The number of benzene rings is 3. The van der Waals surface area contributed by atoms with E-state index in [0.717, 1.165) is 22.7 Å². The minimum Gasteiger partial charge on any atom is -0.497 e. The van der Waals surface area contributed by atoms with E-state index in [1.54, 1.807) is 19.2 Å². The van der Waals surface area contributed by atoms with Crippen molar-refractivity contribution in [1.82, 2.24) is 15.1 Å². The Morgan fingerprint density at radius 3 is 2.42 bits per heavy atom. The fourth-order valence-electron chi connectivity index (χ4n) is 3.43. The number of aliphatic hydroxyl groups is 1. The maximum Gasteiger partial charge on any atom is 0.253 e. The summed E-state index contributed by atoms with van der Waals surface area (Å²) >= 11 is 0. The first kappa shape index (κ1) is 20.4. The van der Waals surface area contributed by atoms with Crippen molar-refractivity contribution >= 4 is 5.91 Å². The van der Waals surface area contributed by atoms with Crippen LogP contribution in [0.1, 0.15) is 15.9 Å². The number of amides is 1. The van der Waals surface area contributed by atoms with Gasteiger partial charge in [0.05, 0.1) is 24.2 Å². The van der Waals surface area contributed by atoms with Crippen molar-refractivity contribution in [3.63, 3.8) is 0 Å². The van der Waals surface area contributed by atoms with Crippen molar-refractivity contribution in [2.75, 3.05) is 13.8 Å². The Morgan fingerprint density at radius 2 is 1.74 bits per heavy atom. The van der Waals surface area contributed by atoms with Crippen LogP contribution >= 0.6 is 0 Å². The Hall–Kier alpha value is -3.90. The maximum atomic E-state index is 12.5. The first-order valence-corrected chi connectivity index (χ1v) is 9.90. The molecule has 1 amide bonds. The monoisotopic (exact) mass is 413 g/mol. The number of carbonyl (C=O) groups excluding carboxylic acids is 1. The summed E-state index contributed by atoms with van der Waals surface area (Å²) in [5, 5.41) is 16.4. The molecule has 0 bridgehead atoms. The van der Waals surface area contributed by atoms with Crippen molar-refractivity contribution in [2.24, 2.45) is 0 Å². The van der Waals surface area contributed by atoms with Crippen LogP contribution in [0.2, 0.25) is 0 Å². The molecule has 0 aliphatic rings. The molecular formula is C25H23N3O3. The molecule has 4 aromatic rings. The van der Waals surface area contributed by atoms with E-state index in [4.69, 9.17) is 14.9 Å². The van der Waals surface area contributed by atoms with Gasteiger partial charge in [0.15, 0.2) is 0 Å². The molecule has 0 aliphatic heterocycles. The van der Waals surface area contributed by atoms with Gasteiger partial charge in [-0.05, 0) is 43.3 Å². The quantitative estimate of drug-likeness (QED) is 0.465. The van der Waals surface area contributed by atoms with Crippen LogP contribution in [0.5, 0.6) is 5.75 Å². The number of methoxy groups -OCH3 is 1. The van der Waals surface area contributed by atoms with Gasteiger partial charge in [-0.3, -0.25) is 4.79 Å². The van der Waals surface area contributed by atoms with E-state index in [9.17, 15) is 4.79 Å². The summed E-state index contributed by atoms with van der Waals surface area (Å²) in [5.74, 6) is 0.410. The molecule has 0 atom stereocenters. The molecule has 0 saturated heterocycles. The highest BCUT2D eigenvalue weighted by Gasteiger charge is 2.18. The second kappa shape index (κ2) is 8.85. The van der Waals surface area contributed by atoms with Crippen molar-refractivity contribution < 1.29 is 14.6 Å². The van der Waals surface area contributed by atoms with Crippen LogP contribution in [0.4, 0.5) is 0 Å². The fourth-order valence-corrected chi connectivity index (χ4v) is 3.43. The Morgan fingerprint density at radius 1 is 1.03 bits per heavy atom. The lowest BCUT2D eigenvalue weighted by Gasteiger charge is -2.09. The number of aryl methyl sites for hydroxylation is 1. The van der Waals surface area contributed by atoms with Gasteiger partial charge < -0.3 is 15.2 Å². The molecule has 0 aliphatic carbocycles. The van der Waals surface area contributed by atoms with Crippen molar-refractivity contribution in [3.05, 3.63) is 90.0 Å². The smallest absolute Gasteiger partial charge is 0.253 e. The molecule has 2 N–H and O–H groups in total. The lowest BCUT2D eigenvalue weighted by atomic mass is 10.0. The standard InChI is InChI=1S/C25H23N3O3/c1-17-7-9-18(10-8-17)24-15-23(21-5-3-4-6-22(21)25(30)26-16-29)27-28(24)19-11-13-20(31-2)14-12-19/h3-15,29H,16H2,1-2H3,(H,26,30). The molecule has 0 radical (unpaired) electrons. The first-order valence-electron chi connectivity index (χ1n) is 9.90. The number of rotatable bonds is 6. The van der Waals surface area contributed by atoms with E-state index in [1.165, 1.54) is 5.56 Å². The summed E-state index contributed by atoms with van der Waals surface area (Å²) in [7, 11) is 1.63. The highest BCUT2D eigenvalue weighted by Crippen LogP contribution is 2.31. The first-order chi connectivity index (χ1) is 15.1. The summed E-state index contributed by atoms with van der Waals surface area (Å²) in [5.41, 5.74) is 5.76. The van der Waals surface area contributed by atoms with Crippen LogP contribution < -0.4 is 10.1 Å². The third-order valence-corrected chi connectivity index (χ3v) is 5.06. The van der Waals surface area contributed by atoms with E-state index >= 15 is 0 Å². The van der Waals surface area contributed by atoms with Crippen molar-refractivity contribution in [1.29, 1.82) is 0 Å². The fraction of sp³-hybridized carbons (Fsp3) is 0.120. The molecule has 6 heteroatoms. The van der Waals surface area contributed by atoms with Gasteiger partial charge in [-0.2, -0.15) is 5.10 Å². The highest BCUT2D eigenvalue weighted by molar-refractivity contribution is 6.00. The van der Waals surface area contributed by atoms with Gasteiger partial charge in [-0.1, -0.05) is 48.0 Å². The summed E-state index contributed by atoms with van der Waals surface area (Å²) in [6, 6.07) is 25.1. The molecule has 1 heterocycles. The van der Waals surface area contributed by atoms with Crippen LogP contribution in [0.3, 0.4) is 0 Å². The molecule has 6 nitrogen and oxygen atoms in total. The van der Waals surface area contributed by atoms with Gasteiger partial charge in [0.2, 0.25) is 0 Å². The van der Waals surface area contributed by atoms with E-state index in [-0.39, 0.29) is 5.91 Å². The number of nitrogens with one attached hydrogen (secondary N) is 1. The van der Waals surface area contributed by atoms with Gasteiger partial charge in [0, 0.05) is 16.7 Å². The second-order valence-corrected chi connectivity index (χ2v) is 7.10. The largest absolute Gasteiger partial charge is 0.497 e. The topological polar surface area (TPSA) is 76.4 Å². The van der Waals surface area contributed by atoms with Gasteiger partial charge in [0.25, 0.3) is 5.91 Å². The zero-order valence-corrected chi connectivity index (χ0v) is 17.4. The van der Waals surface area contributed by atoms with Gasteiger partial charge in [-0.15, -0.1) is 0 Å². The molecule has 31 heavy (non-hydrogen) atoms. The lowest BCUT2D eigenvalue weighted by molar-refractivity contribution is 0.0911. The number of aliphatic hydroxyl groups excluding tert-OH is 1. The number of hydrogen-bond acceptors (Lipinski definition) is 4. The Kier molecular flexibility index (Phi) is 5.82. The lowest BCUT2D eigenvalue weighted by Crippen LogP contribution is -2.24. The van der Waals surface area contributed by atoms with Crippen molar-refractivity contribution in [2.45, 2.75) is 6.92 Å². The number of hydrogen-bond donors (Lipinski definition) is 2. The normalized spacial score (nSPS) is 10.7. The van der Waals surface area contributed by atoms with Gasteiger partial charge in [0.1, 0.15) is 12.5 Å². The maximum absolute atomic E-state index is 12.5. The van der Waals surface area contributed by atoms with Gasteiger partial charge in [-0.25, -0.2) is 4.68 Å². The summed E-state index contributed by atoms with van der Waals surface area (Å²) in [6.07, 6.45) is 0. The Labute approximate surface area is 180 Å². The average Bonchev–Trinajstić information content (AvgIpc) is 3.25. The predicted octanol–water partition coefficient (Wildman–Crippen LogP) is 4.20. The summed E-state index contributed by atoms with van der Waals surface area (Å²) in [6.45, 7) is 1.62. The zero-order chi connectivity index (χ0) is 21.8. The van der Waals surface area contributed by atoms with E-state index in [0.29, 0.717) is 16.8 Å². The molecule has 156 valence electrons. The van der Waals surface area contributed by atoms with E-state index in [1.807, 2.05) is 54.1 Å². The van der Waals surface area contributed by atoms with Crippen LogP contribution in [-0.4, -0.2) is 34.6 Å². The number of aromatic nitrogens is 2. The van der Waals surface area contributed by atoms with Crippen LogP contribution in [-0.2, 0) is 0 Å². The van der Waals surface area contributed by atoms with Crippen LogP contribution in [0, 0.1) is 6.92 Å². The second-order valence-electron chi connectivity index (χ2n) is 7.10. The molecule has 3 aromatic carbocycles. The summed E-state index contributed by atoms with van der Waals surface area (Å²) < 4.78 is 7.14. The minimum atomic E-state index is -0.428. The van der Waals surface area contributed by atoms with Crippen molar-refractivity contribution in [3.8, 4) is 34.0 Å². The van der Waals surface area contributed by atoms with Crippen LogP contribution in [0.15, 0.2) is 78.9 Å². The Balaban J connectivity index is 1.88. The SMILES string of the molecule is COc1ccc(-n2nc(-c3ccccc3C(=O)NCO)cc2-c2ccc(C)cc2)cc1. The number of carbonyl (C=O) groups is 1. The minimum absolute atomic E-state index is 0.353. The molecule has 0 spiro atoms. The molecule has 0 unspecified atom stereocenters. The summed E-state index contributed by atoms with van der Waals surface area (Å²) in [4.78, 5) is 12.5. The third-order valence-electron chi connectivity index (χ3n) is 5.06. The molecule has 1 aromatic heterocycles. The highest BCUT2D eigenvalue weighted by atomic mass is 16.5. The number of nitrogens with zero attached hydrogens (tertiary/aromatic N) is 2. The van der Waals surface area contributed by atoms with Crippen LogP contribution in [0.25, 0.3) is 28.2 Å². The predicted molar refractivity (Wildman–Crippen MR) is 120 cm³/mol. The van der Waals surface area contributed by atoms with E-state index < -0.39 is 6.73 Å². The average molecular weight is 413 g/mol. The third kappa shape index (κ3) is 4.20. The van der Waals surface area contributed by atoms with E-state index in [2.05, 4.69) is 29.6 Å². The Bertz CT molecular complexity index is 1200. The van der Waals surface area contributed by atoms with Gasteiger partial charge >= 0.3 is 0 Å². The molecule has 4 rings (SSSR count).